The van der Waals surface area contributed by atoms with Gasteiger partial charge in [0.05, 0.1) is 23.0 Å². The van der Waals surface area contributed by atoms with Crippen molar-refractivity contribution in [2.75, 3.05) is 24.2 Å². The molecule has 0 saturated carbocycles. The highest BCUT2D eigenvalue weighted by molar-refractivity contribution is 5.68. The topological polar surface area (TPSA) is 71.1 Å². The summed E-state index contributed by atoms with van der Waals surface area (Å²) in [6.07, 6.45) is 0. The van der Waals surface area contributed by atoms with Gasteiger partial charge < -0.3 is 15.8 Å². The minimum absolute atomic E-state index is 0.528. The number of para-hydroxylation sites is 1. The number of nitrogens with zero attached hydrogens (tertiary/aromatic N) is 1. The van der Waals surface area contributed by atoms with Crippen LogP contribution in [0.1, 0.15) is 5.56 Å². The summed E-state index contributed by atoms with van der Waals surface area (Å²) in [6.45, 7) is 1.15. The van der Waals surface area contributed by atoms with Gasteiger partial charge in [-0.25, -0.2) is 0 Å². The lowest BCUT2D eigenvalue weighted by Crippen LogP contribution is -2.12. The Bertz CT molecular complexity index is 576. The van der Waals surface area contributed by atoms with Gasteiger partial charge in [0.25, 0.3) is 0 Å². The molecule has 0 aromatic heterocycles. The van der Waals surface area contributed by atoms with Crippen LogP contribution in [0.25, 0.3) is 0 Å². The van der Waals surface area contributed by atoms with Crippen molar-refractivity contribution < 1.29 is 4.74 Å². The average Bonchev–Trinajstić information content (AvgIpc) is 2.46. The zero-order chi connectivity index (χ0) is 13.5. The molecule has 0 spiro atoms. The van der Waals surface area contributed by atoms with Crippen LogP contribution in [0.5, 0.6) is 5.75 Å². The fraction of sp³-hybridized carbons (Fsp3) is 0.133. The molecular formula is C15H15N3O. The van der Waals surface area contributed by atoms with Gasteiger partial charge in [0.15, 0.2) is 0 Å². The molecule has 2 aromatic carbocycles. The lowest BCUT2D eigenvalue weighted by Gasteiger charge is -2.10. The number of nitrogens with two attached hydrogens (primary N) is 1. The van der Waals surface area contributed by atoms with Gasteiger partial charge in [0, 0.05) is 6.54 Å². The molecule has 0 aliphatic rings. The van der Waals surface area contributed by atoms with Crippen LogP contribution < -0.4 is 15.8 Å². The van der Waals surface area contributed by atoms with E-state index in [0.717, 1.165) is 11.4 Å². The highest BCUT2D eigenvalue weighted by Gasteiger charge is 2.00. The third-order valence-electron chi connectivity index (χ3n) is 2.61. The van der Waals surface area contributed by atoms with Crippen molar-refractivity contribution in [3.05, 3.63) is 54.1 Å². The molecule has 0 saturated heterocycles. The molecule has 0 aliphatic carbocycles. The lowest BCUT2D eigenvalue weighted by atomic mass is 10.2. The zero-order valence-electron chi connectivity index (χ0n) is 10.5. The Morgan fingerprint density at radius 3 is 2.68 bits per heavy atom. The van der Waals surface area contributed by atoms with Crippen molar-refractivity contribution in [3.8, 4) is 11.8 Å². The monoisotopic (exact) mass is 253 g/mol. The van der Waals surface area contributed by atoms with E-state index < -0.39 is 0 Å². The molecule has 2 aromatic rings. The summed E-state index contributed by atoms with van der Waals surface area (Å²) >= 11 is 0. The molecule has 4 nitrogen and oxygen atoms in total. The van der Waals surface area contributed by atoms with Gasteiger partial charge in [-0.05, 0) is 30.3 Å². The maximum atomic E-state index is 8.83. The number of ether oxygens (including phenoxy) is 1. The molecule has 3 N–H and O–H groups in total. The van der Waals surface area contributed by atoms with Crippen LogP contribution in [-0.2, 0) is 0 Å². The van der Waals surface area contributed by atoms with Crippen LogP contribution in [0.3, 0.4) is 0 Å². The first-order valence-electron chi connectivity index (χ1n) is 6.01. The molecule has 19 heavy (non-hydrogen) atoms. The van der Waals surface area contributed by atoms with Gasteiger partial charge in [-0.2, -0.15) is 5.26 Å². The van der Waals surface area contributed by atoms with Crippen molar-refractivity contribution in [2.24, 2.45) is 0 Å². The SMILES string of the molecule is N#Cc1ccc(N)c(NCCOc2ccccc2)c1. The largest absolute Gasteiger partial charge is 0.492 e. The third-order valence-corrected chi connectivity index (χ3v) is 2.61. The molecule has 2 rings (SSSR count). The van der Waals surface area contributed by atoms with Crippen molar-refractivity contribution in [1.29, 1.82) is 5.26 Å². The Morgan fingerprint density at radius 1 is 1.16 bits per heavy atom. The molecule has 0 unspecified atom stereocenters. The van der Waals surface area contributed by atoms with Crippen LogP contribution in [0.2, 0.25) is 0 Å². The predicted molar refractivity (Wildman–Crippen MR) is 76.0 cm³/mol. The number of anilines is 2. The predicted octanol–water partition coefficient (Wildman–Crippen LogP) is 2.63. The summed E-state index contributed by atoms with van der Waals surface area (Å²) in [7, 11) is 0. The lowest BCUT2D eigenvalue weighted by molar-refractivity contribution is 0.333. The first-order chi connectivity index (χ1) is 9.29. The molecule has 0 fully saturated rings. The molecule has 96 valence electrons. The van der Waals surface area contributed by atoms with E-state index in [9.17, 15) is 0 Å². The van der Waals surface area contributed by atoms with E-state index in [1.807, 2.05) is 30.3 Å². The van der Waals surface area contributed by atoms with Crippen LogP contribution >= 0.6 is 0 Å². The Balaban J connectivity index is 1.85. The first-order valence-corrected chi connectivity index (χ1v) is 6.01. The van der Waals surface area contributed by atoms with Gasteiger partial charge >= 0.3 is 0 Å². The summed E-state index contributed by atoms with van der Waals surface area (Å²) in [5.74, 6) is 0.836. The summed E-state index contributed by atoms with van der Waals surface area (Å²) in [6, 6.07) is 16.8. The summed E-state index contributed by atoms with van der Waals surface area (Å²) in [4.78, 5) is 0. The highest BCUT2D eigenvalue weighted by atomic mass is 16.5. The van der Waals surface area contributed by atoms with E-state index in [0.29, 0.717) is 24.4 Å². The quantitative estimate of drug-likeness (QED) is 0.634. The molecule has 0 radical (unpaired) electrons. The molecule has 0 bridgehead atoms. The molecule has 0 heterocycles. The summed E-state index contributed by atoms with van der Waals surface area (Å²) in [5, 5.41) is 12.0. The van der Waals surface area contributed by atoms with Gasteiger partial charge in [-0.15, -0.1) is 0 Å². The second-order valence-electron chi connectivity index (χ2n) is 4.00. The summed E-state index contributed by atoms with van der Waals surface area (Å²) in [5.41, 5.74) is 7.79. The highest BCUT2D eigenvalue weighted by Crippen LogP contribution is 2.19. The maximum Gasteiger partial charge on any atom is 0.119 e. The van der Waals surface area contributed by atoms with E-state index >= 15 is 0 Å². The fourth-order valence-corrected chi connectivity index (χ4v) is 1.65. The van der Waals surface area contributed by atoms with E-state index in [1.54, 1.807) is 18.2 Å². The van der Waals surface area contributed by atoms with Crippen molar-refractivity contribution in [1.82, 2.24) is 0 Å². The number of benzene rings is 2. The minimum Gasteiger partial charge on any atom is -0.492 e. The van der Waals surface area contributed by atoms with Gasteiger partial charge in [0.1, 0.15) is 12.4 Å². The fourth-order valence-electron chi connectivity index (χ4n) is 1.65. The van der Waals surface area contributed by atoms with Crippen molar-refractivity contribution in [3.63, 3.8) is 0 Å². The second-order valence-corrected chi connectivity index (χ2v) is 4.00. The van der Waals surface area contributed by atoms with Crippen LogP contribution in [-0.4, -0.2) is 13.2 Å². The molecule has 0 amide bonds. The van der Waals surface area contributed by atoms with E-state index in [4.69, 9.17) is 15.7 Å². The summed E-state index contributed by atoms with van der Waals surface area (Å²) < 4.78 is 5.56. The Hall–Kier alpha value is -2.67. The molecule has 0 atom stereocenters. The normalized spacial score (nSPS) is 9.63. The Morgan fingerprint density at radius 2 is 1.95 bits per heavy atom. The number of hydrogen-bond donors (Lipinski definition) is 2. The smallest absolute Gasteiger partial charge is 0.119 e. The van der Waals surface area contributed by atoms with E-state index in [2.05, 4.69) is 11.4 Å². The number of nitrogen functional groups attached to an aromatic ring is 1. The van der Waals surface area contributed by atoms with Gasteiger partial charge in [0.2, 0.25) is 0 Å². The van der Waals surface area contributed by atoms with E-state index in [-0.39, 0.29) is 0 Å². The van der Waals surface area contributed by atoms with Crippen LogP contribution in [0.15, 0.2) is 48.5 Å². The minimum atomic E-state index is 0.528. The van der Waals surface area contributed by atoms with Gasteiger partial charge in [-0.3, -0.25) is 0 Å². The average molecular weight is 253 g/mol. The van der Waals surface area contributed by atoms with Gasteiger partial charge in [-0.1, -0.05) is 18.2 Å². The van der Waals surface area contributed by atoms with Crippen molar-refractivity contribution in [2.45, 2.75) is 0 Å². The number of nitrogens with one attached hydrogen (secondary N) is 1. The number of hydrogen-bond acceptors (Lipinski definition) is 4. The number of rotatable bonds is 5. The number of nitriles is 1. The molecule has 0 aliphatic heterocycles. The molecular weight excluding hydrogens is 238 g/mol. The third kappa shape index (κ3) is 3.65. The molecule has 4 heteroatoms. The first kappa shape index (κ1) is 12.8. The Labute approximate surface area is 112 Å². The maximum absolute atomic E-state index is 8.83. The standard InChI is InChI=1S/C15H15N3O/c16-11-12-6-7-14(17)15(10-12)18-8-9-19-13-4-2-1-3-5-13/h1-7,10,18H,8-9,17H2. The zero-order valence-corrected chi connectivity index (χ0v) is 10.5. The van der Waals surface area contributed by atoms with Crippen LogP contribution in [0.4, 0.5) is 11.4 Å². The van der Waals surface area contributed by atoms with E-state index in [1.165, 1.54) is 0 Å². The van der Waals surface area contributed by atoms with Crippen LogP contribution in [0, 0.1) is 11.3 Å². The Kier molecular flexibility index (Phi) is 4.25. The van der Waals surface area contributed by atoms with Crippen molar-refractivity contribution >= 4 is 11.4 Å². The second kappa shape index (κ2) is 6.31.